The fraction of sp³-hybridized carbons (Fsp3) is 0.815. The fourth-order valence-electron chi connectivity index (χ4n) is 5.58. The molecule has 0 aromatic rings. The second-order valence-corrected chi connectivity index (χ2v) is 11.4. The molecule has 3 saturated heterocycles. The number of aliphatic hydroxyl groups excluding tert-OH is 8. The van der Waals surface area contributed by atoms with Crippen molar-refractivity contribution < 1.29 is 88.8 Å². The maximum absolute atomic E-state index is 12.6. The maximum Gasteiger partial charge on any atom is 0.364 e. The van der Waals surface area contributed by atoms with Gasteiger partial charge in [-0.2, -0.15) is 0 Å². The van der Waals surface area contributed by atoms with Gasteiger partial charge >= 0.3 is 5.97 Å². The van der Waals surface area contributed by atoms with E-state index in [1.165, 1.54) is 6.08 Å². The van der Waals surface area contributed by atoms with Gasteiger partial charge in [0.25, 0.3) is 5.79 Å². The topological polar surface area (TPSA) is 313 Å². The number of aliphatic carboxylic acids is 1. The molecule has 15 atom stereocenters. The molecule has 270 valence electrons. The van der Waals surface area contributed by atoms with Gasteiger partial charge in [0, 0.05) is 20.3 Å². The van der Waals surface area contributed by atoms with Crippen LogP contribution >= 0.6 is 0 Å². The van der Waals surface area contributed by atoms with Crippen LogP contribution in [0.1, 0.15) is 20.3 Å². The number of aliphatic hydroxyl groups is 8. The van der Waals surface area contributed by atoms with E-state index in [-0.39, 0.29) is 6.61 Å². The molecule has 0 aliphatic carbocycles. The normalized spacial score (nSPS) is 40.6. The van der Waals surface area contributed by atoms with Crippen LogP contribution in [0, 0.1) is 0 Å². The van der Waals surface area contributed by atoms with E-state index in [1.54, 1.807) is 0 Å². The summed E-state index contributed by atoms with van der Waals surface area (Å²) in [6.45, 7) is 3.27. The molecule has 0 spiro atoms. The lowest BCUT2D eigenvalue weighted by Crippen LogP contribution is -2.70. The molecular formula is C27H44N2O18. The van der Waals surface area contributed by atoms with Gasteiger partial charge in [0.15, 0.2) is 12.6 Å². The average molecular weight is 685 g/mol. The Bertz CT molecular complexity index is 1080. The first-order chi connectivity index (χ1) is 22.1. The van der Waals surface area contributed by atoms with Crippen LogP contribution in [0.3, 0.4) is 0 Å². The third-order valence-corrected chi connectivity index (χ3v) is 7.83. The van der Waals surface area contributed by atoms with Crippen molar-refractivity contribution in [3.05, 3.63) is 12.7 Å². The molecule has 3 fully saturated rings. The Hall–Kier alpha value is -2.41. The van der Waals surface area contributed by atoms with E-state index in [0.29, 0.717) is 0 Å². The summed E-state index contributed by atoms with van der Waals surface area (Å²) in [4.78, 5) is 36.4. The van der Waals surface area contributed by atoms with Crippen LogP contribution in [0.25, 0.3) is 0 Å². The van der Waals surface area contributed by atoms with Crippen LogP contribution in [0.4, 0.5) is 0 Å². The zero-order valence-electron chi connectivity index (χ0n) is 25.6. The Morgan fingerprint density at radius 3 is 2.17 bits per heavy atom. The second kappa shape index (κ2) is 16.8. The largest absolute Gasteiger partial charge is 0.477 e. The van der Waals surface area contributed by atoms with Gasteiger partial charge in [0.1, 0.15) is 61.0 Å². The number of ether oxygens (including phenoxy) is 6. The molecule has 20 nitrogen and oxygen atoms in total. The Morgan fingerprint density at radius 1 is 0.979 bits per heavy atom. The third kappa shape index (κ3) is 8.99. The lowest BCUT2D eigenvalue weighted by molar-refractivity contribution is -0.369. The quantitative estimate of drug-likeness (QED) is 0.0758. The number of hydrogen-bond acceptors (Lipinski definition) is 17. The van der Waals surface area contributed by atoms with Gasteiger partial charge in [-0.1, -0.05) is 6.08 Å². The Labute approximate surface area is 268 Å². The summed E-state index contributed by atoms with van der Waals surface area (Å²) in [7, 11) is 0. The molecule has 0 radical (unpaired) electrons. The van der Waals surface area contributed by atoms with Gasteiger partial charge in [0.2, 0.25) is 11.8 Å². The SMILES string of the molecule is C=CCO[C@H]1O[C@H](CO)[C@H](O)[C@H](O[C@@H]2OC[C@H](O)[C@H](O[C@]3(C(=O)O)C[C@H](O)[C@@H](NC(C)=O)[C@H]([C@H](O)[C@H](O)CO)O3)[C@H]2O)[C@H]1NC(C)=O. The first kappa shape index (κ1) is 39.0. The van der Waals surface area contributed by atoms with E-state index in [1.807, 2.05) is 0 Å². The molecule has 0 bridgehead atoms. The summed E-state index contributed by atoms with van der Waals surface area (Å²) < 4.78 is 33.6. The average Bonchev–Trinajstić information content (AvgIpc) is 3.01. The first-order valence-corrected chi connectivity index (χ1v) is 14.7. The summed E-state index contributed by atoms with van der Waals surface area (Å²) in [6, 6.07) is -2.77. The first-order valence-electron chi connectivity index (χ1n) is 14.7. The Balaban J connectivity index is 1.92. The number of carbonyl (C=O) groups excluding carboxylic acids is 2. The number of carbonyl (C=O) groups is 3. The van der Waals surface area contributed by atoms with Crippen LogP contribution in [0.15, 0.2) is 12.7 Å². The molecule has 0 saturated carbocycles. The minimum atomic E-state index is -2.94. The highest BCUT2D eigenvalue weighted by Crippen LogP contribution is 2.37. The third-order valence-electron chi connectivity index (χ3n) is 7.83. The van der Waals surface area contributed by atoms with E-state index in [4.69, 9.17) is 28.4 Å². The number of rotatable bonds is 14. The molecule has 3 aliphatic heterocycles. The van der Waals surface area contributed by atoms with Crippen LogP contribution in [0.5, 0.6) is 0 Å². The van der Waals surface area contributed by atoms with Crippen molar-refractivity contribution in [3.63, 3.8) is 0 Å². The predicted molar refractivity (Wildman–Crippen MR) is 150 cm³/mol. The minimum Gasteiger partial charge on any atom is -0.477 e. The van der Waals surface area contributed by atoms with Crippen LogP contribution in [0.2, 0.25) is 0 Å². The Kier molecular flexibility index (Phi) is 14.0. The Morgan fingerprint density at radius 2 is 1.62 bits per heavy atom. The van der Waals surface area contributed by atoms with E-state index in [0.717, 1.165) is 13.8 Å². The van der Waals surface area contributed by atoms with Crippen molar-refractivity contribution in [3.8, 4) is 0 Å². The van der Waals surface area contributed by atoms with E-state index < -0.39 is 136 Å². The van der Waals surface area contributed by atoms with Gasteiger partial charge in [-0.05, 0) is 0 Å². The molecule has 0 aromatic heterocycles. The molecule has 2 amide bonds. The number of hydrogen-bond donors (Lipinski definition) is 11. The highest BCUT2D eigenvalue weighted by molar-refractivity contribution is 5.76. The summed E-state index contributed by atoms with van der Waals surface area (Å²) >= 11 is 0. The minimum absolute atomic E-state index is 0.0800. The summed E-state index contributed by atoms with van der Waals surface area (Å²) in [5, 5.41) is 98.7. The number of amides is 2. The van der Waals surface area contributed by atoms with Gasteiger partial charge < -0.3 is 85.0 Å². The molecule has 47 heavy (non-hydrogen) atoms. The highest BCUT2D eigenvalue weighted by Gasteiger charge is 2.59. The molecule has 0 aromatic carbocycles. The molecule has 11 N–H and O–H groups in total. The van der Waals surface area contributed by atoms with Crippen LogP contribution in [-0.2, 0) is 42.8 Å². The van der Waals surface area contributed by atoms with Crippen molar-refractivity contribution in [1.29, 1.82) is 0 Å². The van der Waals surface area contributed by atoms with E-state index >= 15 is 0 Å². The summed E-state index contributed by atoms with van der Waals surface area (Å²) in [5.74, 6) is -6.17. The van der Waals surface area contributed by atoms with Crippen LogP contribution in [-0.4, -0.2) is 182 Å². The predicted octanol–water partition coefficient (Wildman–Crippen LogP) is -6.23. The van der Waals surface area contributed by atoms with Crippen molar-refractivity contribution in [1.82, 2.24) is 10.6 Å². The lowest BCUT2D eigenvalue weighted by Gasteiger charge is -2.50. The lowest BCUT2D eigenvalue weighted by atomic mass is 9.88. The monoisotopic (exact) mass is 684 g/mol. The van der Waals surface area contributed by atoms with Crippen molar-refractivity contribution in [2.45, 2.75) is 112 Å². The second-order valence-electron chi connectivity index (χ2n) is 11.4. The van der Waals surface area contributed by atoms with Crippen molar-refractivity contribution in [2.24, 2.45) is 0 Å². The van der Waals surface area contributed by atoms with Crippen molar-refractivity contribution in [2.75, 3.05) is 26.4 Å². The van der Waals surface area contributed by atoms with Crippen LogP contribution < -0.4 is 10.6 Å². The van der Waals surface area contributed by atoms with Gasteiger partial charge in [-0.25, -0.2) is 4.79 Å². The van der Waals surface area contributed by atoms with Gasteiger partial charge in [0.05, 0.1) is 38.6 Å². The molecule has 3 rings (SSSR count). The number of carboxylic acid groups (broad SMARTS) is 1. The zero-order chi connectivity index (χ0) is 35.2. The maximum atomic E-state index is 12.6. The van der Waals surface area contributed by atoms with E-state index in [9.17, 15) is 60.3 Å². The molecule has 3 aliphatic rings. The molecular weight excluding hydrogens is 640 g/mol. The molecule has 20 heteroatoms. The zero-order valence-corrected chi connectivity index (χ0v) is 25.6. The summed E-state index contributed by atoms with van der Waals surface area (Å²) in [6.07, 6.45) is -20.6. The number of nitrogens with one attached hydrogen (secondary N) is 2. The van der Waals surface area contributed by atoms with Crippen molar-refractivity contribution >= 4 is 17.8 Å². The van der Waals surface area contributed by atoms with Gasteiger partial charge in [-0.15, -0.1) is 6.58 Å². The smallest absolute Gasteiger partial charge is 0.364 e. The summed E-state index contributed by atoms with van der Waals surface area (Å²) in [5.41, 5.74) is 0. The molecule has 0 unspecified atom stereocenters. The highest BCUT2D eigenvalue weighted by atomic mass is 16.8. The van der Waals surface area contributed by atoms with E-state index in [2.05, 4.69) is 17.2 Å². The fourth-order valence-corrected chi connectivity index (χ4v) is 5.58. The standard InChI is InChI=1S/C27H44N2O18/c1-4-5-42-24-17(29-11(3)33)22(19(38)15(8-31)44-24)45-25-20(39)21(14(36)9-43-25)46-27(26(40)41)6-12(34)16(28-10(2)32)23(47-27)18(37)13(35)7-30/h4,12-25,30-31,34-39H,1,5-9H2,2-3H3,(H,28,32)(H,29,33)(H,40,41)/t12-,13+,14-,15+,16+,17+,18+,19-,20+,21-,22+,23+,24-,25-,27+/m0/s1. The molecule has 3 heterocycles. The number of carboxylic acids is 1. The van der Waals surface area contributed by atoms with Gasteiger partial charge in [-0.3, -0.25) is 9.59 Å².